The van der Waals surface area contributed by atoms with Gasteiger partial charge in [-0.1, -0.05) is 0 Å². The number of hydrogen-bond donors (Lipinski definition) is 2. The summed E-state index contributed by atoms with van der Waals surface area (Å²) in [4.78, 5) is 23.6. The number of carbonyl (C=O) groups is 2. The smallest absolute Gasteiger partial charge is 0.329 e. The molecule has 0 bridgehead atoms. The number of carboxylic acid groups (broad SMARTS) is 1. The van der Waals surface area contributed by atoms with Gasteiger partial charge >= 0.3 is 5.97 Å². The van der Waals surface area contributed by atoms with Gasteiger partial charge in [-0.05, 0) is 26.9 Å². The molecule has 0 aliphatic heterocycles. The molecule has 1 saturated carbocycles. The Morgan fingerprint density at radius 2 is 2.00 bits per heavy atom. The largest absolute Gasteiger partial charge is 0.480 e. The maximum absolute atomic E-state index is 11.2. The quantitative estimate of drug-likeness (QED) is 0.608. The highest BCUT2D eigenvalue weighted by atomic mass is 16.4. The minimum atomic E-state index is -0.951. The molecule has 0 aromatic rings. The highest BCUT2D eigenvalue weighted by molar-refractivity contribution is 5.90. The van der Waals surface area contributed by atoms with E-state index in [1.165, 1.54) is 0 Å². The number of rotatable bonds is 4. The summed E-state index contributed by atoms with van der Waals surface area (Å²) in [5.41, 5.74) is -0.951. The van der Waals surface area contributed by atoms with E-state index in [9.17, 15) is 9.59 Å². The third kappa shape index (κ3) is 2.42. The van der Waals surface area contributed by atoms with Gasteiger partial charge in [-0.3, -0.25) is 4.79 Å². The topological polar surface area (TPSA) is 69.6 Å². The predicted octanol–water partition coefficient (Wildman–Crippen LogP) is -0.719. The van der Waals surface area contributed by atoms with Gasteiger partial charge < -0.3 is 15.3 Å². The van der Waals surface area contributed by atoms with E-state index in [1.807, 2.05) is 0 Å². The van der Waals surface area contributed by atoms with E-state index in [1.54, 1.807) is 19.0 Å². The molecule has 0 atom stereocenters. The molecule has 74 valence electrons. The van der Waals surface area contributed by atoms with Gasteiger partial charge in [-0.25, -0.2) is 4.79 Å². The molecule has 2 N–H and O–H groups in total. The third-order valence-corrected chi connectivity index (χ3v) is 2.00. The molecule has 0 heterocycles. The highest BCUT2D eigenvalue weighted by Gasteiger charge is 2.51. The second-order valence-electron chi connectivity index (χ2n) is 3.67. The first-order chi connectivity index (χ1) is 5.96. The summed E-state index contributed by atoms with van der Waals surface area (Å²) in [6.45, 7) is 0.231. The van der Waals surface area contributed by atoms with Crippen molar-refractivity contribution < 1.29 is 14.7 Å². The van der Waals surface area contributed by atoms with Crippen LogP contribution in [0.15, 0.2) is 0 Å². The zero-order valence-corrected chi connectivity index (χ0v) is 7.83. The van der Waals surface area contributed by atoms with Crippen LogP contribution in [0.25, 0.3) is 0 Å². The Morgan fingerprint density at radius 1 is 1.46 bits per heavy atom. The second kappa shape index (κ2) is 3.33. The van der Waals surface area contributed by atoms with Crippen LogP contribution < -0.4 is 5.32 Å². The van der Waals surface area contributed by atoms with Crippen molar-refractivity contribution >= 4 is 11.9 Å². The standard InChI is InChI=1S/C8H14N2O3/c1-10(2)5-6(11)9-8(3-4-8)7(12)13/h3-5H2,1-2H3,(H,9,11)(H,12,13). The van der Waals surface area contributed by atoms with Crippen molar-refractivity contribution in [2.24, 2.45) is 0 Å². The van der Waals surface area contributed by atoms with Crippen molar-refractivity contribution in [2.45, 2.75) is 18.4 Å². The molecule has 0 spiro atoms. The van der Waals surface area contributed by atoms with E-state index < -0.39 is 11.5 Å². The minimum Gasteiger partial charge on any atom is -0.480 e. The number of nitrogens with one attached hydrogen (secondary N) is 1. The van der Waals surface area contributed by atoms with Crippen molar-refractivity contribution in [3.63, 3.8) is 0 Å². The molecule has 13 heavy (non-hydrogen) atoms. The van der Waals surface area contributed by atoms with Gasteiger partial charge in [0.25, 0.3) is 0 Å². The average molecular weight is 186 g/mol. The first-order valence-electron chi connectivity index (χ1n) is 4.15. The van der Waals surface area contributed by atoms with E-state index in [0.29, 0.717) is 12.8 Å². The molecule has 5 nitrogen and oxygen atoms in total. The number of amides is 1. The van der Waals surface area contributed by atoms with Crippen LogP contribution in [0.4, 0.5) is 0 Å². The molecule has 0 saturated heterocycles. The van der Waals surface area contributed by atoms with E-state index >= 15 is 0 Å². The normalized spacial score (nSPS) is 18.4. The Morgan fingerprint density at radius 3 is 2.31 bits per heavy atom. The van der Waals surface area contributed by atoms with E-state index in [2.05, 4.69) is 5.32 Å². The monoisotopic (exact) mass is 186 g/mol. The Labute approximate surface area is 76.7 Å². The SMILES string of the molecule is CN(C)CC(=O)NC1(C(=O)O)CC1. The molecule has 5 heteroatoms. The maximum Gasteiger partial charge on any atom is 0.329 e. The van der Waals surface area contributed by atoms with Gasteiger partial charge in [0.05, 0.1) is 6.54 Å². The highest BCUT2D eigenvalue weighted by Crippen LogP contribution is 2.35. The Bertz CT molecular complexity index is 234. The molecule has 0 radical (unpaired) electrons. The number of nitrogens with zero attached hydrogens (tertiary/aromatic N) is 1. The summed E-state index contributed by atoms with van der Waals surface area (Å²) >= 11 is 0. The van der Waals surface area contributed by atoms with Crippen LogP contribution in [0.2, 0.25) is 0 Å². The fourth-order valence-electron chi connectivity index (χ4n) is 1.11. The number of aliphatic carboxylic acids is 1. The Kier molecular flexibility index (Phi) is 2.56. The first-order valence-corrected chi connectivity index (χ1v) is 4.15. The molecule has 1 rings (SSSR count). The minimum absolute atomic E-state index is 0.231. The Hall–Kier alpha value is -1.10. The predicted molar refractivity (Wildman–Crippen MR) is 46.3 cm³/mol. The summed E-state index contributed by atoms with van der Waals surface area (Å²) in [6, 6.07) is 0. The van der Waals surface area contributed by atoms with Crippen LogP contribution in [0.5, 0.6) is 0 Å². The van der Waals surface area contributed by atoms with Gasteiger partial charge in [0, 0.05) is 0 Å². The summed E-state index contributed by atoms with van der Waals surface area (Å²) in [5.74, 6) is -1.16. The van der Waals surface area contributed by atoms with Gasteiger partial charge in [-0.15, -0.1) is 0 Å². The summed E-state index contributed by atoms with van der Waals surface area (Å²) in [6.07, 6.45) is 1.09. The molecule has 1 aliphatic carbocycles. The van der Waals surface area contributed by atoms with E-state index in [4.69, 9.17) is 5.11 Å². The molecule has 0 aromatic heterocycles. The van der Waals surface area contributed by atoms with E-state index in [0.717, 1.165) is 0 Å². The van der Waals surface area contributed by atoms with Crippen LogP contribution in [-0.4, -0.2) is 48.1 Å². The molecule has 1 aliphatic rings. The van der Waals surface area contributed by atoms with Crippen LogP contribution in [-0.2, 0) is 9.59 Å². The molecule has 1 fully saturated rings. The molecule has 0 aromatic carbocycles. The van der Waals surface area contributed by atoms with Crippen molar-refractivity contribution in [1.82, 2.24) is 10.2 Å². The molecule has 1 amide bonds. The first kappa shape index (κ1) is 9.98. The Balaban J connectivity index is 2.40. The molecule has 0 unspecified atom stereocenters. The summed E-state index contributed by atoms with van der Waals surface area (Å²) < 4.78 is 0. The van der Waals surface area contributed by atoms with Crippen molar-refractivity contribution in [3.8, 4) is 0 Å². The number of hydrogen-bond acceptors (Lipinski definition) is 3. The van der Waals surface area contributed by atoms with Crippen molar-refractivity contribution in [3.05, 3.63) is 0 Å². The number of likely N-dealkylation sites (N-methyl/N-ethyl adjacent to an activating group) is 1. The second-order valence-corrected chi connectivity index (χ2v) is 3.67. The third-order valence-electron chi connectivity index (χ3n) is 2.00. The molecular formula is C8H14N2O3. The van der Waals surface area contributed by atoms with Crippen molar-refractivity contribution in [1.29, 1.82) is 0 Å². The lowest BCUT2D eigenvalue weighted by atomic mass is 10.3. The van der Waals surface area contributed by atoms with Crippen LogP contribution in [0, 0.1) is 0 Å². The summed E-state index contributed by atoms with van der Waals surface area (Å²) in [7, 11) is 3.53. The van der Waals surface area contributed by atoms with E-state index in [-0.39, 0.29) is 12.5 Å². The lowest BCUT2D eigenvalue weighted by Crippen LogP contribution is -2.46. The van der Waals surface area contributed by atoms with Gasteiger partial charge in [0.2, 0.25) is 5.91 Å². The average Bonchev–Trinajstić information content (AvgIpc) is 2.66. The molecular weight excluding hydrogens is 172 g/mol. The lowest BCUT2D eigenvalue weighted by molar-refractivity contribution is -0.143. The summed E-state index contributed by atoms with van der Waals surface area (Å²) in [5, 5.41) is 11.3. The van der Waals surface area contributed by atoms with Gasteiger partial charge in [0.15, 0.2) is 0 Å². The van der Waals surface area contributed by atoms with Gasteiger partial charge in [-0.2, -0.15) is 0 Å². The zero-order valence-electron chi connectivity index (χ0n) is 7.83. The van der Waals surface area contributed by atoms with Crippen LogP contribution in [0.3, 0.4) is 0 Å². The maximum atomic E-state index is 11.2. The van der Waals surface area contributed by atoms with Crippen LogP contribution >= 0.6 is 0 Å². The lowest BCUT2D eigenvalue weighted by Gasteiger charge is -2.14. The van der Waals surface area contributed by atoms with Crippen LogP contribution in [0.1, 0.15) is 12.8 Å². The number of carboxylic acids is 1. The van der Waals surface area contributed by atoms with Crippen molar-refractivity contribution in [2.75, 3.05) is 20.6 Å². The fourth-order valence-corrected chi connectivity index (χ4v) is 1.11. The zero-order chi connectivity index (χ0) is 10.1. The van der Waals surface area contributed by atoms with Gasteiger partial charge in [0.1, 0.15) is 5.54 Å². The number of carbonyl (C=O) groups excluding carboxylic acids is 1. The fraction of sp³-hybridized carbons (Fsp3) is 0.750.